The Balaban J connectivity index is 1.67. The van der Waals surface area contributed by atoms with Gasteiger partial charge in [-0.05, 0) is 18.1 Å². The molecule has 0 atom stereocenters. The van der Waals surface area contributed by atoms with Crippen LogP contribution in [0.3, 0.4) is 0 Å². The monoisotopic (exact) mass is 326 g/mol. The molecule has 3 aromatic rings. The first-order valence-electron chi connectivity index (χ1n) is 7.22. The van der Waals surface area contributed by atoms with Gasteiger partial charge in [0.05, 0.1) is 12.0 Å². The first kappa shape index (κ1) is 15.6. The third kappa shape index (κ3) is 3.54. The van der Waals surface area contributed by atoms with E-state index < -0.39 is 4.92 Å². The highest BCUT2D eigenvalue weighted by Crippen LogP contribution is 2.18. The zero-order chi connectivity index (χ0) is 16.9. The minimum Gasteiger partial charge on any atom is -0.481 e. The van der Waals surface area contributed by atoms with Gasteiger partial charge in [0, 0.05) is 36.4 Å². The third-order valence-corrected chi connectivity index (χ3v) is 3.42. The number of nitro groups is 1. The molecule has 8 heteroatoms. The average Bonchev–Trinajstić information content (AvgIpc) is 3.09. The van der Waals surface area contributed by atoms with Crippen molar-refractivity contribution in [2.45, 2.75) is 12.8 Å². The Bertz CT molecular complexity index is 845. The topological polar surface area (TPSA) is 104 Å². The van der Waals surface area contributed by atoms with Crippen molar-refractivity contribution >= 4 is 5.69 Å². The van der Waals surface area contributed by atoms with Gasteiger partial charge < -0.3 is 9.26 Å². The van der Waals surface area contributed by atoms with Crippen molar-refractivity contribution in [1.29, 1.82) is 0 Å². The summed E-state index contributed by atoms with van der Waals surface area (Å²) in [4.78, 5) is 18.8. The maximum Gasteiger partial charge on any atom is 0.269 e. The van der Waals surface area contributed by atoms with Crippen molar-refractivity contribution in [3.05, 3.63) is 64.2 Å². The van der Waals surface area contributed by atoms with Crippen LogP contribution in [0.15, 0.2) is 47.1 Å². The molecular weight excluding hydrogens is 312 g/mol. The van der Waals surface area contributed by atoms with Crippen LogP contribution < -0.4 is 4.74 Å². The number of nitrogens with zero attached hydrogens (tertiary/aromatic N) is 4. The van der Waals surface area contributed by atoms with Crippen molar-refractivity contribution in [3.63, 3.8) is 0 Å². The van der Waals surface area contributed by atoms with Crippen LogP contribution in [0.4, 0.5) is 5.69 Å². The largest absolute Gasteiger partial charge is 0.481 e. The zero-order valence-corrected chi connectivity index (χ0v) is 12.9. The van der Waals surface area contributed by atoms with E-state index in [0.717, 1.165) is 11.1 Å². The summed E-state index contributed by atoms with van der Waals surface area (Å²) >= 11 is 0. The van der Waals surface area contributed by atoms with Crippen molar-refractivity contribution in [1.82, 2.24) is 15.1 Å². The molecule has 0 aliphatic carbocycles. The Morgan fingerprint density at radius 2 is 2.12 bits per heavy atom. The molecule has 0 radical (unpaired) electrons. The van der Waals surface area contributed by atoms with Crippen molar-refractivity contribution in [3.8, 4) is 17.3 Å². The minimum atomic E-state index is -0.412. The van der Waals surface area contributed by atoms with Gasteiger partial charge in [0.2, 0.25) is 17.6 Å². The number of ether oxygens (including phenoxy) is 1. The van der Waals surface area contributed by atoms with Crippen molar-refractivity contribution in [2.75, 3.05) is 7.11 Å². The molecule has 0 amide bonds. The smallest absolute Gasteiger partial charge is 0.269 e. The van der Waals surface area contributed by atoms with Crippen LogP contribution in [-0.4, -0.2) is 27.2 Å². The molecule has 0 aliphatic rings. The molecule has 24 heavy (non-hydrogen) atoms. The maximum absolute atomic E-state index is 10.8. The van der Waals surface area contributed by atoms with Crippen LogP contribution in [0, 0.1) is 10.1 Å². The van der Waals surface area contributed by atoms with E-state index in [1.54, 1.807) is 37.6 Å². The fraction of sp³-hybridized carbons (Fsp3) is 0.188. The zero-order valence-electron chi connectivity index (χ0n) is 12.9. The first-order chi connectivity index (χ1) is 11.7. The highest BCUT2D eigenvalue weighted by molar-refractivity contribution is 5.53. The Kier molecular flexibility index (Phi) is 4.46. The normalized spacial score (nSPS) is 10.5. The fourth-order valence-corrected chi connectivity index (χ4v) is 2.18. The summed E-state index contributed by atoms with van der Waals surface area (Å²) in [6.45, 7) is 0. The Labute approximate surface area is 137 Å². The first-order valence-corrected chi connectivity index (χ1v) is 7.22. The highest BCUT2D eigenvalue weighted by atomic mass is 16.6. The van der Waals surface area contributed by atoms with Gasteiger partial charge in [0.25, 0.3) is 5.69 Å². The summed E-state index contributed by atoms with van der Waals surface area (Å²) in [5, 5.41) is 14.7. The second kappa shape index (κ2) is 6.86. The van der Waals surface area contributed by atoms with Gasteiger partial charge >= 0.3 is 0 Å². The molecule has 0 spiro atoms. The van der Waals surface area contributed by atoms with Gasteiger partial charge in [-0.15, -0.1) is 0 Å². The maximum atomic E-state index is 10.8. The SMILES string of the molecule is COc1ccc(-c2noc(CCc3cccc([N+](=O)[O-])c3)n2)cn1. The van der Waals surface area contributed by atoms with Gasteiger partial charge in [-0.25, -0.2) is 4.98 Å². The van der Waals surface area contributed by atoms with E-state index in [1.807, 2.05) is 6.07 Å². The van der Waals surface area contributed by atoms with Crippen LogP contribution in [0.2, 0.25) is 0 Å². The van der Waals surface area contributed by atoms with Crippen LogP contribution in [0.1, 0.15) is 11.5 Å². The third-order valence-electron chi connectivity index (χ3n) is 3.42. The lowest BCUT2D eigenvalue weighted by molar-refractivity contribution is -0.384. The molecule has 3 rings (SSSR count). The Hall–Kier alpha value is -3.29. The summed E-state index contributed by atoms with van der Waals surface area (Å²) in [5.74, 6) is 1.42. The van der Waals surface area contributed by atoms with E-state index in [2.05, 4.69) is 15.1 Å². The molecule has 2 aromatic heterocycles. The summed E-state index contributed by atoms with van der Waals surface area (Å²) in [6.07, 6.45) is 2.68. The Morgan fingerprint density at radius 3 is 2.83 bits per heavy atom. The lowest BCUT2D eigenvalue weighted by Crippen LogP contribution is -1.94. The molecule has 1 aromatic carbocycles. The van der Waals surface area contributed by atoms with E-state index >= 15 is 0 Å². The van der Waals surface area contributed by atoms with E-state index in [1.165, 1.54) is 6.07 Å². The van der Waals surface area contributed by atoms with Gasteiger partial charge in [0.15, 0.2) is 0 Å². The van der Waals surface area contributed by atoms with E-state index in [4.69, 9.17) is 9.26 Å². The molecule has 0 unspecified atom stereocenters. The number of aromatic nitrogens is 3. The molecule has 2 heterocycles. The standard InChI is InChI=1S/C16H14N4O4/c1-23-14-8-6-12(10-17-14)16-18-15(24-19-16)7-5-11-3-2-4-13(9-11)20(21)22/h2-4,6,8-10H,5,7H2,1H3. The number of hydrogen-bond donors (Lipinski definition) is 0. The molecule has 0 bridgehead atoms. The number of non-ortho nitro benzene ring substituents is 1. The van der Waals surface area contributed by atoms with Crippen LogP contribution in [0.5, 0.6) is 5.88 Å². The minimum absolute atomic E-state index is 0.0722. The summed E-state index contributed by atoms with van der Waals surface area (Å²) in [5.41, 5.74) is 1.64. The number of nitro benzene ring substituents is 1. The number of benzene rings is 1. The summed E-state index contributed by atoms with van der Waals surface area (Å²) in [7, 11) is 1.54. The second-order valence-corrected chi connectivity index (χ2v) is 5.03. The number of rotatable bonds is 6. The molecule has 8 nitrogen and oxygen atoms in total. The van der Waals surface area contributed by atoms with E-state index in [0.29, 0.717) is 30.4 Å². The molecular formula is C16H14N4O4. The number of methoxy groups -OCH3 is 1. The quantitative estimate of drug-likeness (QED) is 0.506. The molecule has 0 N–H and O–H groups in total. The Morgan fingerprint density at radius 1 is 1.25 bits per heavy atom. The summed E-state index contributed by atoms with van der Waals surface area (Å²) in [6, 6.07) is 10.0. The molecule has 0 saturated carbocycles. The molecule has 0 fully saturated rings. The summed E-state index contributed by atoms with van der Waals surface area (Å²) < 4.78 is 10.2. The molecule has 0 aliphatic heterocycles. The van der Waals surface area contributed by atoms with Gasteiger partial charge in [0.1, 0.15) is 0 Å². The van der Waals surface area contributed by atoms with E-state index in [9.17, 15) is 10.1 Å². The number of aryl methyl sites for hydroxylation is 2. The number of hydrogen-bond acceptors (Lipinski definition) is 7. The van der Waals surface area contributed by atoms with Crippen molar-refractivity contribution < 1.29 is 14.2 Å². The van der Waals surface area contributed by atoms with Gasteiger partial charge in [-0.3, -0.25) is 10.1 Å². The predicted molar refractivity (Wildman–Crippen MR) is 84.6 cm³/mol. The van der Waals surface area contributed by atoms with E-state index in [-0.39, 0.29) is 5.69 Å². The fourth-order valence-electron chi connectivity index (χ4n) is 2.18. The van der Waals surface area contributed by atoms with Gasteiger partial charge in [-0.2, -0.15) is 4.98 Å². The van der Waals surface area contributed by atoms with Gasteiger partial charge in [-0.1, -0.05) is 17.3 Å². The molecule has 0 saturated heterocycles. The highest BCUT2D eigenvalue weighted by Gasteiger charge is 2.11. The second-order valence-electron chi connectivity index (χ2n) is 5.03. The average molecular weight is 326 g/mol. The molecule has 122 valence electrons. The van der Waals surface area contributed by atoms with Crippen LogP contribution >= 0.6 is 0 Å². The lowest BCUT2D eigenvalue weighted by Gasteiger charge is -1.98. The van der Waals surface area contributed by atoms with Crippen molar-refractivity contribution in [2.24, 2.45) is 0 Å². The van der Waals surface area contributed by atoms with Crippen LogP contribution in [-0.2, 0) is 12.8 Å². The lowest BCUT2D eigenvalue weighted by atomic mass is 10.1. The van der Waals surface area contributed by atoms with Crippen LogP contribution in [0.25, 0.3) is 11.4 Å². The number of pyridine rings is 1. The predicted octanol–water partition coefficient (Wildman–Crippen LogP) is 2.83.